The summed E-state index contributed by atoms with van der Waals surface area (Å²) in [6.07, 6.45) is 0.957. The summed E-state index contributed by atoms with van der Waals surface area (Å²) in [7, 11) is -2.20. The molecule has 1 N–H and O–H groups in total. The van der Waals surface area contributed by atoms with Crippen LogP contribution in [-0.2, 0) is 20.5 Å². The van der Waals surface area contributed by atoms with Gasteiger partial charge in [-0.15, -0.1) is 0 Å². The van der Waals surface area contributed by atoms with Gasteiger partial charge in [-0.25, -0.2) is 9.78 Å². The lowest BCUT2D eigenvalue weighted by atomic mass is 9.87. The first-order valence-electron chi connectivity index (χ1n) is 13.1. The topological polar surface area (TPSA) is 95.3 Å². The molecule has 0 bridgehead atoms. The third-order valence-corrected chi connectivity index (χ3v) is 8.86. The summed E-state index contributed by atoms with van der Waals surface area (Å²) in [5, 5.41) is 9.95. The fourth-order valence-corrected chi connectivity index (χ4v) is 7.08. The van der Waals surface area contributed by atoms with Crippen LogP contribution in [0.5, 0.6) is 0 Å². The first kappa shape index (κ1) is 29.2. The van der Waals surface area contributed by atoms with Crippen molar-refractivity contribution in [2.24, 2.45) is 5.41 Å². The predicted molar refractivity (Wildman–Crippen MR) is 159 cm³/mol. The highest BCUT2D eigenvalue weighted by Gasteiger charge is 2.35. The van der Waals surface area contributed by atoms with Gasteiger partial charge in [0.15, 0.2) is 5.69 Å². The van der Waals surface area contributed by atoms with Crippen LogP contribution in [0.3, 0.4) is 0 Å². The van der Waals surface area contributed by atoms with Gasteiger partial charge in [-0.3, -0.25) is 9.48 Å². The average molecular weight is 577 g/mol. The molecular weight excluding hydrogens is 544 g/mol. The number of aromatic nitrogens is 3. The first-order valence-corrected chi connectivity index (χ1v) is 15.1. The van der Waals surface area contributed by atoms with E-state index in [1.165, 1.54) is 10.9 Å². The molecule has 208 valence electrons. The van der Waals surface area contributed by atoms with E-state index in [2.05, 4.69) is 60.4 Å². The van der Waals surface area contributed by atoms with Crippen molar-refractivity contribution in [2.45, 2.75) is 40.3 Å². The number of nitrogens with one attached hydrogen (secondary N) is 1. The van der Waals surface area contributed by atoms with E-state index in [0.717, 1.165) is 10.4 Å². The van der Waals surface area contributed by atoms with Crippen molar-refractivity contribution in [2.75, 3.05) is 11.9 Å². The molecule has 2 heterocycles. The Hall–Kier alpha value is -3.79. The molecule has 0 aliphatic carbocycles. The fourth-order valence-electron chi connectivity index (χ4n) is 4.30. The van der Waals surface area contributed by atoms with Crippen molar-refractivity contribution in [3.63, 3.8) is 0 Å². The van der Waals surface area contributed by atoms with E-state index in [9.17, 15) is 9.59 Å². The Kier molecular flexibility index (Phi) is 9.52. The molecule has 0 spiro atoms. The van der Waals surface area contributed by atoms with Crippen molar-refractivity contribution in [3.8, 4) is 0 Å². The van der Waals surface area contributed by atoms with Gasteiger partial charge in [0.1, 0.15) is 12.4 Å². The van der Waals surface area contributed by atoms with Gasteiger partial charge >= 0.3 is 5.97 Å². The summed E-state index contributed by atoms with van der Waals surface area (Å²) in [5.41, 5.74) is 0.316. The summed E-state index contributed by atoms with van der Waals surface area (Å²) < 4.78 is 13.8. The van der Waals surface area contributed by atoms with E-state index in [1.54, 1.807) is 25.1 Å². The summed E-state index contributed by atoms with van der Waals surface area (Å²) >= 11 is 5.92. The average Bonchev–Trinajstić information content (AvgIpc) is 3.34. The number of amides is 1. The zero-order valence-corrected chi connectivity index (χ0v) is 24.9. The number of carbonyl (C=O) groups is 2. The number of rotatable bonds is 10. The lowest BCUT2D eigenvalue weighted by Crippen LogP contribution is -2.47. The lowest BCUT2D eigenvalue weighted by molar-refractivity contribution is -0.117. The molecule has 4 rings (SSSR count). The quantitative estimate of drug-likeness (QED) is 0.222. The molecule has 0 aliphatic heterocycles. The van der Waals surface area contributed by atoms with E-state index >= 15 is 0 Å². The Morgan fingerprint density at radius 1 is 1.00 bits per heavy atom. The smallest absolute Gasteiger partial charge is 0.358 e. The zero-order chi connectivity index (χ0) is 28.7. The maximum atomic E-state index is 13.1. The molecule has 40 heavy (non-hydrogen) atoms. The highest BCUT2D eigenvalue weighted by molar-refractivity contribution is 6.80. The molecule has 1 amide bonds. The number of pyridine rings is 1. The minimum Gasteiger partial charge on any atom is -0.461 e. The predicted octanol–water partition coefficient (Wildman–Crippen LogP) is 4.39. The van der Waals surface area contributed by atoms with Crippen LogP contribution < -0.4 is 15.7 Å². The van der Waals surface area contributed by atoms with Crippen LogP contribution in [0.2, 0.25) is 5.02 Å². The Balaban J connectivity index is 1.73. The van der Waals surface area contributed by atoms with Crippen LogP contribution in [-0.4, -0.2) is 42.3 Å². The van der Waals surface area contributed by atoms with Crippen molar-refractivity contribution >= 4 is 48.7 Å². The zero-order valence-electron chi connectivity index (χ0n) is 23.0. The number of hydrogen-bond donors (Lipinski definition) is 1. The number of anilines is 1. The number of ether oxygens (including phenoxy) is 1. The molecule has 8 nitrogen and oxygen atoms in total. The van der Waals surface area contributed by atoms with Gasteiger partial charge < -0.3 is 14.5 Å². The Morgan fingerprint density at radius 3 is 2.15 bits per heavy atom. The number of nitrogens with zero attached hydrogens (tertiary/aromatic N) is 3. The highest BCUT2D eigenvalue weighted by atomic mass is 35.5. The largest absolute Gasteiger partial charge is 0.461 e. The molecule has 2 aromatic heterocycles. The van der Waals surface area contributed by atoms with Crippen LogP contribution in [0.4, 0.5) is 5.82 Å². The minimum absolute atomic E-state index is 0.116. The second-order valence-corrected chi connectivity index (χ2v) is 13.1. The van der Waals surface area contributed by atoms with Crippen LogP contribution in [0.1, 0.15) is 50.0 Å². The molecule has 0 aliphatic rings. The van der Waals surface area contributed by atoms with Crippen LogP contribution in [0.25, 0.3) is 0 Å². The standard InChI is InChI=1S/C30H33ClN4O4Si/c1-5-38-29(37)24-18-25(35(34-24)20-27(36)33-26-17-16-21(31)19-32-26)28(30(2,3)4)39-40(22-12-8-6-9-13-22)23-14-10-7-11-15-23/h6-19,28,40H,5,20H2,1-4H3,(H,32,33,36). The summed E-state index contributed by atoms with van der Waals surface area (Å²) in [4.78, 5) is 29.9. The monoisotopic (exact) mass is 576 g/mol. The van der Waals surface area contributed by atoms with Crippen molar-refractivity contribution in [1.82, 2.24) is 14.8 Å². The molecule has 10 heteroatoms. The number of carbonyl (C=O) groups excluding carboxylic acids is 2. The van der Waals surface area contributed by atoms with Gasteiger partial charge in [-0.05, 0) is 40.9 Å². The second kappa shape index (κ2) is 13.0. The van der Waals surface area contributed by atoms with Gasteiger partial charge in [0, 0.05) is 6.20 Å². The summed E-state index contributed by atoms with van der Waals surface area (Å²) in [6, 6.07) is 25.2. The normalized spacial score (nSPS) is 12.2. The number of hydrogen-bond acceptors (Lipinski definition) is 6. The number of benzene rings is 2. The molecular formula is C30H33ClN4O4Si. The van der Waals surface area contributed by atoms with E-state index in [-0.39, 0.29) is 24.8 Å². The summed E-state index contributed by atoms with van der Waals surface area (Å²) in [6.45, 7) is 7.99. The third kappa shape index (κ3) is 7.44. The van der Waals surface area contributed by atoms with Gasteiger partial charge in [0.2, 0.25) is 14.9 Å². The van der Waals surface area contributed by atoms with Crippen molar-refractivity contribution in [1.29, 1.82) is 0 Å². The molecule has 1 unspecified atom stereocenters. The first-order chi connectivity index (χ1) is 19.2. The van der Waals surface area contributed by atoms with Crippen LogP contribution >= 0.6 is 11.6 Å². The third-order valence-electron chi connectivity index (χ3n) is 6.12. The Bertz CT molecular complexity index is 1380. The molecule has 0 saturated carbocycles. The highest BCUT2D eigenvalue weighted by Crippen LogP contribution is 2.37. The molecule has 0 radical (unpaired) electrons. The van der Waals surface area contributed by atoms with Crippen molar-refractivity contribution in [3.05, 3.63) is 101 Å². The van der Waals surface area contributed by atoms with E-state index in [0.29, 0.717) is 16.5 Å². The minimum atomic E-state index is -2.20. The van der Waals surface area contributed by atoms with Gasteiger partial charge in [-0.2, -0.15) is 5.10 Å². The van der Waals surface area contributed by atoms with E-state index in [1.807, 2.05) is 36.4 Å². The molecule has 0 saturated heterocycles. The SMILES string of the molecule is CCOC(=O)c1cc(C(O[SiH](c2ccccc2)c2ccccc2)C(C)(C)C)n(CC(=O)Nc2ccc(Cl)cn2)n1. The second-order valence-electron chi connectivity index (χ2n) is 10.3. The Morgan fingerprint density at radius 2 is 1.62 bits per heavy atom. The van der Waals surface area contributed by atoms with Crippen LogP contribution in [0.15, 0.2) is 85.1 Å². The molecule has 0 fully saturated rings. The van der Waals surface area contributed by atoms with Gasteiger partial charge in [0.05, 0.1) is 23.4 Å². The van der Waals surface area contributed by atoms with Crippen molar-refractivity contribution < 1.29 is 18.8 Å². The fraction of sp³-hybridized carbons (Fsp3) is 0.267. The maximum Gasteiger partial charge on any atom is 0.358 e. The Labute approximate surface area is 241 Å². The number of esters is 1. The maximum absolute atomic E-state index is 13.1. The molecule has 1 atom stereocenters. The van der Waals surface area contributed by atoms with E-state index < -0.39 is 26.5 Å². The van der Waals surface area contributed by atoms with Gasteiger partial charge in [0.25, 0.3) is 0 Å². The van der Waals surface area contributed by atoms with Crippen LogP contribution in [0, 0.1) is 5.41 Å². The van der Waals surface area contributed by atoms with Gasteiger partial charge in [-0.1, -0.05) is 93.0 Å². The summed E-state index contributed by atoms with van der Waals surface area (Å²) in [5.74, 6) is -0.560. The molecule has 2 aromatic carbocycles. The molecule has 4 aromatic rings. The lowest BCUT2D eigenvalue weighted by Gasteiger charge is -2.34. The number of halogens is 1. The van der Waals surface area contributed by atoms with E-state index in [4.69, 9.17) is 20.8 Å².